The molecule has 5 heteroatoms. The van der Waals surface area contributed by atoms with Gasteiger partial charge in [0, 0.05) is 52.3 Å². The van der Waals surface area contributed by atoms with Gasteiger partial charge in [-0.15, -0.1) is 0 Å². The van der Waals surface area contributed by atoms with Gasteiger partial charge in [-0.25, -0.2) is 4.79 Å². The summed E-state index contributed by atoms with van der Waals surface area (Å²) in [5, 5.41) is 0. The Morgan fingerprint density at radius 1 is 1.18 bits per heavy atom. The van der Waals surface area contributed by atoms with Crippen molar-refractivity contribution < 1.29 is 9.53 Å². The van der Waals surface area contributed by atoms with E-state index >= 15 is 0 Å². The van der Waals surface area contributed by atoms with Crippen LogP contribution in [0.15, 0.2) is 0 Å². The van der Waals surface area contributed by atoms with Crippen molar-refractivity contribution in [2.75, 3.05) is 60.0 Å². The highest BCUT2D eigenvalue weighted by molar-refractivity contribution is 5.74. The van der Waals surface area contributed by atoms with Crippen LogP contribution in [0.5, 0.6) is 0 Å². The number of rotatable bonds is 2. The van der Waals surface area contributed by atoms with Crippen molar-refractivity contribution in [1.82, 2.24) is 14.7 Å². The lowest BCUT2D eigenvalue weighted by Gasteiger charge is -2.35. The minimum absolute atomic E-state index is 0.219. The minimum Gasteiger partial charge on any atom is -0.384 e. The molecule has 1 atom stereocenters. The van der Waals surface area contributed by atoms with Gasteiger partial charge in [0.05, 0.1) is 6.61 Å². The second-order valence-electron chi connectivity index (χ2n) is 5.13. The summed E-state index contributed by atoms with van der Waals surface area (Å²) in [5.74, 6) is 0.524. The Labute approximate surface area is 103 Å². The minimum atomic E-state index is 0.219. The number of likely N-dealkylation sites (N-methyl/N-ethyl adjacent to an activating group) is 1. The molecule has 2 rings (SSSR count). The average Bonchev–Trinajstić information content (AvgIpc) is 2.78. The molecule has 0 aromatic heterocycles. The van der Waals surface area contributed by atoms with Crippen molar-refractivity contribution in [3.63, 3.8) is 0 Å². The maximum atomic E-state index is 12.2. The molecule has 2 aliphatic rings. The lowest BCUT2D eigenvalue weighted by molar-refractivity contribution is 0.122. The zero-order valence-electron chi connectivity index (χ0n) is 10.9. The highest BCUT2D eigenvalue weighted by Gasteiger charge is 2.30. The number of urea groups is 1. The van der Waals surface area contributed by atoms with Gasteiger partial charge in [-0.3, -0.25) is 0 Å². The molecular formula is C12H23N3O2. The van der Waals surface area contributed by atoms with Crippen molar-refractivity contribution in [2.24, 2.45) is 5.92 Å². The largest absolute Gasteiger partial charge is 0.384 e. The van der Waals surface area contributed by atoms with Crippen LogP contribution in [0.3, 0.4) is 0 Å². The van der Waals surface area contributed by atoms with Crippen LogP contribution in [-0.2, 0) is 4.74 Å². The zero-order chi connectivity index (χ0) is 12.3. The van der Waals surface area contributed by atoms with Gasteiger partial charge in [-0.1, -0.05) is 0 Å². The highest BCUT2D eigenvalue weighted by Crippen LogP contribution is 2.18. The Balaban J connectivity index is 1.80. The third-order valence-corrected chi connectivity index (χ3v) is 3.73. The lowest BCUT2D eigenvalue weighted by atomic mass is 10.1. The number of hydrogen-bond donors (Lipinski definition) is 0. The summed E-state index contributed by atoms with van der Waals surface area (Å²) >= 11 is 0. The molecule has 0 saturated carbocycles. The maximum Gasteiger partial charge on any atom is 0.320 e. The molecule has 0 bridgehead atoms. The molecule has 0 aromatic carbocycles. The van der Waals surface area contributed by atoms with E-state index in [0.717, 1.165) is 52.3 Å². The molecular weight excluding hydrogens is 218 g/mol. The topological polar surface area (TPSA) is 36.0 Å². The molecule has 2 aliphatic heterocycles. The van der Waals surface area contributed by atoms with Crippen LogP contribution < -0.4 is 0 Å². The molecule has 5 nitrogen and oxygen atoms in total. The van der Waals surface area contributed by atoms with Crippen LogP contribution >= 0.6 is 0 Å². The van der Waals surface area contributed by atoms with E-state index < -0.39 is 0 Å². The van der Waals surface area contributed by atoms with Crippen molar-refractivity contribution in [3.8, 4) is 0 Å². The molecule has 1 unspecified atom stereocenters. The first kappa shape index (κ1) is 12.6. The monoisotopic (exact) mass is 241 g/mol. The Hall–Kier alpha value is -0.810. The Morgan fingerprint density at radius 2 is 1.88 bits per heavy atom. The number of carbonyl (C=O) groups excluding carboxylic acids is 1. The van der Waals surface area contributed by atoms with E-state index in [4.69, 9.17) is 4.74 Å². The molecule has 98 valence electrons. The van der Waals surface area contributed by atoms with Crippen LogP contribution in [0.25, 0.3) is 0 Å². The van der Waals surface area contributed by atoms with E-state index in [9.17, 15) is 4.79 Å². The van der Waals surface area contributed by atoms with E-state index in [1.165, 1.54) is 0 Å². The van der Waals surface area contributed by atoms with E-state index in [1.54, 1.807) is 7.11 Å². The number of carbonyl (C=O) groups is 1. The molecule has 0 radical (unpaired) electrons. The lowest BCUT2D eigenvalue weighted by Crippen LogP contribution is -2.51. The van der Waals surface area contributed by atoms with Crippen molar-refractivity contribution in [3.05, 3.63) is 0 Å². The Morgan fingerprint density at radius 3 is 2.53 bits per heavy atom. The fourth-order valence-corrected chi connectivity index (χ4v) is 2.58. The predicted molar refractivity (Wildman–Crippen MR) is 66.0 cm³/mol. The van der Waals surface area contributed by atoms with E-state index in [1.807, 2.05) is 9.80 Å². The molecule has 0 spiro atoms. The van der Waals surface area contributed by atoms with Crippen molar-refractivity contribution >= 4 is 6.03 Å². The van der Waals surface area contributed by atoms with Gasteiger partial charge >= 0.3 is 6.03 Å². The zero-order valence-corrected chi connectivity index (χ0v) is 10.9. The fraction of sp³-hybridized carbons (Fsp3) is 0.917. The standard InChI is InChI=1S/C12H23N3O2/c1-13-5-7-14(8-6-13)12(16)15-4-3-11(9-15)10-17-2/h11H,3-10H2,1-2H3. The number of ether oxygens (including phenoxy) is 1. The number of amides is 2. The van der Waals surface area contributed by atoms with Crippen LogP contribution in [0, 0.1) is 5.92 Å². The van der Waals surface area contributed by atoms with Crippen LogP contribution in [0.2, 0.25) is 0 Å². The van der Waals surface area contributed by atoms with Gasteiger partial charge in [-0.05, 0) is 13.5 Å². The van der Waals surface area contributed by atoms with Gasteiger partial charge in [0.2, 0.25) is 0 Å². The average molecular weight is 241 g/mol. The van der Waals surface area contributed by atoms with Crippen molar-refractivity contribution in [2.45, 2.75) is 6.42 Å². The van der Waals surface area contributed by atoms with Crippen LogP contribution in [0.1, 0.15) is 6.42 Å². The first-order chi connectivity index (χ1) is 8.20. The molecule has 0 aliphatic carbocycles. The normalized spacial score (nSPS) is 26.6. The Kier molecular flexibility index (Phi) is 4.23. The summed E-state index contributed by atoms with van der Waals surface area (Å²) in [6.07, 6.45) is 1.08. The molecule has 2 heterocycles. The second kappa shape index (κ2) is 5.69. The number of nitrogens with zero attached hydrogens (tertiary/aromatic N) is 3. The molecule has 2 fully saturated rings. The second-order valence-corrected chi connectivity index (χ2v) is 5.13. The molecule has 0 N–H and O–H groups in total. The summed E-state index contributed by atoms with van der Waals surface area (Å²) in [6, 6.07) is 0.219. The third-order valence-electron chi connectivity index (χ3n) is 3.73. The summed E-state index contributed by atoms with van der Waals surface area (Å²) in [6.45, 7) is 6.22. The summed E-state index contributed by atoms with van der Waals surface area (Å²) < 4.78 is 5.16. The summed E-state index contributed by atoms with van der Waals surface area (Å²) in [7, 11) is 3.83. The molecule has 2 amide bonds. The van der Waals surface area contributed by atoms with Crippen LogP contribution in [-0.4, -0.2) is 80.8 Å². The predicted octanol–water partition coefficient (Wildman–Crippen LogP) is 0.322. The van der Waals surface area contributed by atoms with E-state index in [2.05, 4.69) is 11.9 Å². The van der Waals surface area contributed by atoms with Gasteiger partial charge in [-0.2, -0.15) is 0 Å². The Bertz CT molecular complexity index is 264. The fourth-order valence-electron chi connectivity index (χ4n) is 2.58. The van der Waals surface area contributed by atoms with Gasteiger partial charge in [0.1, 0.15) is 0 Å². The summed E-state index contributed by atoms with van der Waals surface area (Å²) in [5.41, 5.74) is 0. The maximum absolute atomic E-state index is 12.2. The highest BCUT2D eigenvalue weighted by atomic mass is 16.5. The first-order valence-corrected chi connectivity index (χ1v) is 6.42. The summed E-state index contributed by atoms with van der Waals surface area (Å²) in [4.78, 5) is 18.5. The van der Waals surface area contributed by atoms with Crippen molar-refractivity contribution in [1.29, 1.82) is 0 Å². The molecule has 0 aromatic rings. The van der Waals surface area contributed by atoms with Gasteiger partial charge in [0.25, 0.3) is 0 Å². The number of piperazine rings is 1. The van der Waals surface area contributed by atoms with E-state index in [0.29, 0.717) is 5.92 Å². The molecule has 17 heavy (non-hydrogen) atoms. The third kappa shape index (κ3) is 3.10. The number of hydrogen-bond acceptors (Lipinski definition) is 3. The number of methoxy groups -OCH3 is 1. The van der Waals surface area contributed by atoms with Crippen LogP contribution in [0.4, 0.5) is 4.79 Å². The number of likely N-dealkylation sites (tertiary alicyclic amines) is 1. The van der Waals surface area contributed by atoms with Gasteiger partial charge < -0.3 is 19.4 Å². The van der Waals surface area contributed by atoms with Gasteiger partial charge in [0.15, 0.2) is 0 Å². The van der Waals surface area contributed by atoms with E-state index in [-0.39, 0.29) is 6.03 Å². The molecule has 2 saturated heterocycles. The quantitative estimate of drug-likeness (QED) is 0.698. The smallest absolute Gasteiger partial charge is 0.320 e. The first-order valence-electron chi connectivity index (χ1n) is 6.42. The SMILES string of the molecule is COCC1CCN(C(=O)N2CCN(C)CC2)C1.